The van der Waals surface area contributed by atoms with E-state index in [4.69, 9.17) is 4.98 Å². The van der Waals surface area contributed by atoms with E-state index in [1.807, 2.05) is 28.8 Å². The van der Waals surface area contributed by atoms with Gasteiger partial charge in [0.25, 0.3) is 0 Å². The van der Waals surface area contributed by atoms with Crippen LogP contribution >= 0.6 is 0 Å². The van der Waals surface area contributed by atoms with Gasteiger partial charge in [-0.05, 0) is 42.8 Å². The molecule has 0 spiro atoms. The molecule has 3 N–H and O–H groups in total. The number of amides is 1. The van der Waals surface area contributed by atoms with Gasteiger partial charge < -0.3 is 20.2 Å². The van der Waals surface area contributed by atoms with Gasteiger partial charge in [0.15, 0.2) is 11.5 Å². The Kier molecular flexibility index (Phi) is 4.87. The number of carbonyl (C=O) groups excluding carboxylic acids is 1. The van der Waals surface area contributed by atoms with E-state index in [0.29, 0.717) is 34.7 Å². The van der Waals surface area contributed by atoms with Crippen molar-refractivity contribution in [3.63, 3.8) is 0 Å². The molecule has 1 aliphatic rings. The van der Waals surface area contributed by atoms with E-state index in [1.54, 1.807) is 18.3 Å². The van der Waals surface area contributed by atoms with Gasteiger partial charge >= 0.3 is 5.69 Å². The first-order chi connectivity index (χ1) is 17.0. The maximum absolute atomic E-state index is 13.7. The minimum atomic E-state index is -0.325. The highest BCUT2D eigenvalue weighted by Crippen LogP contribution is 2.36. The summed E-state index contributed by atoms with van der Waals surface area (Å²) in [5.74, 6) is 0.336. The molecule has 2 aromatic carbocycles. The molecule has 176 valence electrons. The highest BCUT2D eigenvalue weighted by Gasteiger charge is 2.27. The Morgan fingerprint density at radius 1 is 1.11 bits per heavy atom. The smallest absolute Gasteiger partial charge is 0.323 e. The van der Waals surface area contributed by atoms with Crippen molar-refractivity contribution < 1.29 is 9.18 Å². The van der Waals surface area contributed by atoms with Crippen LogP contribution in [0.4, 0.5) is 10.2 Å². The summed E-state index contributed by atoms with van der Waals surface area (Å²) in [6.45, 7) is 2.89. The van der Waals surface area contributed by atoms with Crippen LogP contribution in [-0.4, -0.2) is 49.4 Å². The lowest BCUT2D eigenvalue weighted by Crippen LogP contribution is -2.35. The van der Waals surface area contributed by atoms with Crippen LogP contribution in [0.5, 0.6) is 0 Å². The Bertz CT molecular complexity index is 1630. The number of nitrogens with one attached hydrogen (secondary N) is 3. The Labute approximate surface area is 198 Å². The first-order valence-electron chi connectivity index (χ1n) is 11.3. The van der Waals surface area contributed by atoms with E-state index in [9.17, 15) is 14.0 Å². The number of aromatic amines is 2. The van der Waals surface area contributed by atoms with Gasteiger partial charge in [-0.3, -0.25) is 9.20 Å². The van der Waals surface area contributed by atoms with Crippen LogP contribution in [0, 0.1) is 5.82 Å². The maximum Gasteiger partial charge on any atom is 0.323 e. The molecular formula is C25H22FN7O2. The van der Waals surface area contributed by atoms with E-state index in [1.165, 1.54) is 19.1 Å². The topological polar surface area (TPSA) is 111 Å². The monoisotopic (exact) mass is 471 g/mol. The normalized spacial score (nSPS) is 15.8. The third-order valence-corrected chi connectivity index (χ3v) is 6.33. The fourth-order valence-corrected chi connectivity index (χ4v) is 4.81. The first kappa shape index (κ1) is 21.1. The van der Waals surface area contributed by atoms with Crippen molar-refractivity contribution in [2.75, 3.05) is 18.0 Å². The van der Waals surface area contributed by atoms with E-state index < -0.39 is 0 Å². The molecule has 3 aromatic heterocycles. The second-order valence-electron chi connectivity index (χ2n) is 8.73. The molecule has 1 saturated heterocycles. The molecule has 0 radical (unpaired) electrons. The van der Waals surface area contributed by atoms with E-state index >= 15 is 0 Å². The lowest BCUT2D eigenvalue weighted by Gasteiger charge is -2.18. The van der Waals surface area contributed by atoms with E-state index in [0.717, 1.165) is 29.8 Å². The van der Waals surface area contributed by atoms with Gasteiger partial charge in [0.05, 0.1) is 22.4 Å². The molecule has 1 atom stereocenters. The van der Waals surface area contributed by atoms with Crippen LogP contribution in [0.1, 0.15) is 13.3 Å². The highest BCUT2D eigenvalue weighted by atomic mass is 19.1. The Balaban J connectivity index is 1.54. The summed E-state index contributed by atoms with van der Waals surface area (Å²) in [4.78, 5) is 40.6. The molecule has 0 unspecified atom stereocenters. The summed E-state index contributed by atoms with van der Waals surface area (Å²) in [5.41, 5.74) is 4.85. The van der Waals surface area contributed by atoms with Gasteiger partial charge in [0.1, 0.15) is 5.82 Å². The average Bonchev–Trinajstić information content (AvgIpc) is 3.54. The molecule has 1 fully saturated rings. The number of halogens is 1. The van der Waals surface area contributed by atoms with Gasteiger partial charge in [-0.25, -0.2) is 19.2 Å². The number of fused-ring (bicyclic) bond motifs is 2. The number of hydrogen-bond acceptors (Lipinski definition) is 5. The number of rotatable bonds is 4. The molecule has 1 amide bonds. The number of benzene rings is 2. The van der Waals surface area contributed by atoms with Gasteiger partial charge in [0, 0.05) is 49.6 Å². The zero-order valence-corrected chi connectivity index (χ0v) is 18.9. The average molecular weight is 471 g/mol. The van der Waals surface area contributed by atoms with Crippen molar-refractivity contribution in [3.8, 4) is 22.5 Å². The number of carbonyl (C=O) groups is 1. The van der Waals surface area contributed by atoms with Crippen molar-refractivity contribution >= 4 is 28.4 Å². The van der Waals surface area contributed by atoms with Crippen LogP contribution in [0.3, 0.4) is 0 Å². The molecule has 0 saturated carbocycles. The lowest BCUT2D eigenvalue weighted by atomic mass is 10.0. The molecule has 35 heavy (non-hydrogen) atoms. The van der Waals surface area contributed by atoms with Crippen molar-refractivity contribution in [1.82, 2.24) is 29.7 Å². The zero-order valence-electron chi connectivity index (χ0n) is 18.9. The largest absolute Gasteiger partial charge is 0.352 e. The first-order valence-corrected chi connectivity index (χ1v) is 11.3. The fraction of sp³-hybridized carbons (Fsp3) is 0.200. The summed E-state index contributed by atoms with van der Waals surface area (Å²) in [6, 6.07) is 11.9. The van der Waals surface area contributed by atoms with Gasteiger partial charge in [-0.2, -0.15) is 0 Å². The second-order valence-corrected chi connectivity index (χ2v) is 8.73. The molecular weight excluding hydrogens is 449 g/mol. The summed E-state index contributed by atoms with van der Waals surface area (Å²) in [6.07, 6.45) is 4.39. The SMILES string of the molecule is CC(=O)N[C@@H]1CCN(c2nccn3c(-c4ccc5[nH]c(=O)[nH]c5c4)c(-c4ccc(F)cc4)nc23)C1. The Morgan fingerprint density at radius 3 is 2.69 bits per heavy atom. The van der Waals surface area contributed by atoms with Gasteiger partial charge in [0.2, 0.25) is 5.91 Å². The number of aromatic nitrogens is 5. The quantitative estimate of drug-likeness (QED) is 0.373. The Morgan fingerprint density at radius 2 is 1.89 bits per heavy atom. The third-order valence-electron chi connectivity index (χ3n) is 6.33. The molecule has 6 rings (SSSR count). The number of nitrogens with zero attached hydrogens (tertiary/aromatic N) is 4. The standard InChI is InChI=1S/C25H22FN7O2/c1-14(34)28-18-8-10-32(13-18)23-24-31-21(15-2-5-17(26)6-3-15)22(33(24)11-9-27-23)16-4-7-19-20(12-16)30-25(35)29-19/h2-7,9,11-12,18H,8,10,13H2,1H3,(H,28,34)(H2,29,30,35)/t18-/m1/s1. The van der Waals surface area contributed by atoms with Crippen LogP contribution in [0.15, 0.2) is 59.7 Å². The van der Waals surface area contributed by atoms with Crippen LogP contribution in [0.25, 0.3) is 39.2 Å². The minimum absolute atomic E-state index is 0.0494. The third kappa shape index (κ3) is 3.72. The predicted octanol–water partition coefficient (Wildman–Crippen LogP) is 3.09. The summed E-state index contributed by atoms with van der Waals surface area (Å²) in [7, 11) is 0. The summed E-state index contributed by atoms with van der Waals surface area (Å²) in [5, 5.41) is 2.98. The Hall–Kier alpha value is -4.47. The molecule has 0 bridgehead atoms. The second kappa shape index (κ2) is 8.08. The molecule has 1 aliphatic heterocycles. The van der Waals surface area contributed by atoms with Gasteiger partial charge in [-0.1, -0.05) is 6.07 Å². The molecule has 5 aromatic rings. The summed E-state index contributed by atoms with van der Waals surface area (Å²) < 4.78 is 15.7. The van der Waals surface area contributed by atoms with Crippen LogP contribution in [0.2, 0.25) is 0 Å². The minimum Gasteiger partial charge on any atom is -0.352 e. The maximum atomic E-state index is 13.7. The highest BCUT2D eigenvalue weighted by molar-refractivity contribution is 5.89. The molecule has 0 aliphatic carbocycles. The van der Waals surface area contributed by atoms with Crippen molar-refractivity contribution in [1.29, 1.82) is 0 Å². The zero-order chi connectivity index (χ0) is 24.1. The molecule has 4 heterocycles. The lowest BCUT2D eigenvalue weighted by molar-refractivity contribution is -0.119. The van der Waals surface area contributed by atoms with Crippen molar-refractivity contribution in [2.24, 2.45) is 0 Å². The number of hydrogen-bond donors (Lipinski definition) is 3. The number of anilines is 1. The van der Waals surface area contributed by atoms with Crippen molar-refractivity contribution in [2.45, 2.75) is 19.4 Å². The van der Waals surface area contributed by atoms with Crippen molar-refractivity contribution in [3.05, 3.63) is 71.2 Å². The van der Waals surface area contributed by atoms with E-state index in [-0.39, 0.29) is 23.5 Å². The summed E-state index contributed by atoms with van der Waals surface area (Å²) >= 11 is 0. The van der Waals surface area contributed by atoms with Gasteiger partial charge in [-0.15, -0.1) is 0 Å². The van der Waals surface area contributed by atoms with Crippen LogP contribution < -0.4 is 15.9 Å². The van der Waals surface area contributed by atoms with E-state index in [2.05, 4.69) is 25.2 Å². The molecule has 9 nitrogen and oxygen atoms in total. The van der Waals surface area contributed by atoms with Crippen LogP contribution in [-0.2, 0) is 4.79 Å². The molecule has 10 heteroatoms. The number of H-pyrrole nitrogens is 2. The number of imidazole rings is 2. The fourth-order valence-electron chi connectivity index (χ4n) is 4.81. The predicted molar refractivity (Wildman–Crippen MR) is 131 cm³/mol.